The molecule has 110 valence electrons. The van der Waals surface area contributed by atoms with Crippen molar-refractivity contribution < 1.29 is 14.6 Å². The monoisotopic (exact) mass is 285 g/mol. The summed E-state index contributed by atoms with van der Waals surface area (Å²) >= 11 is 0. The number of ether oxygens (including phenoxy) is 1. The Morgan fingerprint density at radius 3 is 2.52 bits per heavy atom. The minimum atomic E-state index is -0.115. The summed E-state index contributed by atoms with van der Waals surface area (Å²) in [5, 5.41) is 12.1. The zero-order valence-electron chi connectivity index (χ0n) is 12.2. The number of carbonyl (C=O) groups is 1. The lowest BCUT2D eigenvalue weighted by Gasteiger charge is -2.09. The molecular formula is C17H19NO3. The normalized spacial score (nSPS) is 10.2. The number of carbonyl (C=O) groups excluding carboxylic acids is 1. The van der Waals surface area contributed by atoms with Gasteiger partial charge in [0.1, 0.15) is 11.5 Å². The average molecular weight is 285 g/mol. The van der Waals surface area contributed by atoms with Gasteiger partial charge >= 0.3 is 0 Å². The van der Waals surface area contributed by atoms with Crippen LogP contribution in [-0.4, -0.2) is 17.6 Å². The predicted octanol–water partition coefficient (Wildman–Crippen LogP) is 3.42. The molecule has 0 aromatic heterocycles. The van der Waals surface area contributed by atoms with Gasteiger partial charge in [0.2, 0.25) is 5.91 Å². The highest BCUT2D eigenvalue weighted by molar-refractivity contribution is 5.91. The molecule has 0 heterocycles. The fraction of sp³-hybridized carbons (Fsp3) is 0.235. The maximum absolute atomic E-state index is 11.8. The second kappa shape index (κ2) is 6.79. The van der Waals surface area contributed by atoms with Crippen LogP contribution in [0.5, 0.6) is 11.5 Å². The molecule has 4 nitrogen and oxygen atoms in total. The van der Waals surface area contributed by atoms with Gasteiger partial charge in [0.05, 0.1) is 13.0 Å². The van der Waals surface area contributed by atoms with Crippen molar-refractivity contribution in [2.45, 2.75) is 20.3 Å². The number of hydrogen-bond acceptors (Lipinski definition) is 3. The molecular weight excluding hydrogens is 266 g/mol. The standard InChI is InChI=1S/C17H19NO3/c1-12-3-6-15(7-4-12)21-10-9-17(20)18-16-8-5-14(19)11-13(16)2/h3-8,11,19H,9-10H2,1-2H3,(H,18,20). The third-order valence-electron chi connectivity index (χ3n) is 3.10. The van der Waals surface area contributed by atoms with Crippen molar-refractivity contribution in [3.63, 3.8) is 0 Å². The SMILES string of the molecule is Cc1ccc(OCCC(=O)Nc2ccc(O)cc2C)cc1. The quantitative estimate of drug-likeness (QED) is 0.828. The lowest BCUT2D eigenvalue weighted by atomic mass is 10.2. The van der Waals surface area contributed by atoms with Gasteiger partial charge in [0.25, 0.3) is 0 Å². The fourth-order valence-electron chi connectivity index (χ4n) is 1.90. The van der Waals surface area contributed by atoms with E-state index in [9.17, 15) is 9.90 Å². The van der Waals surface area contributed by atoms with Crippen LogP contribution in [0.25, 0.3) is 0 Å². The molecule has 2 N–H and O–H groups in total. The number of aromatic hydroxyl groups is 1. The smallest absolute Gasteiger partial charge is 0.227 e. The van der Waals surface area contributed by atoms with Crippen LogP contribution >= 0.6 is 0 Å². The molecule has 0 aliphatic carbocycles. The van der Waals surface area contributed by atoms with Crippen LogP contribution in [0, 0.1) is 13.8 Å². The number of nitrogens with one attached hydrogen (secondary N) is 1. The minimum absolute atomic E-state index is 0.115. The summed E-state index contributed by atoms with van der Waals surface area (Å²) in [5.41, 5.74) is 2.69. The first-order valence-electron chi connectivity index (χ1n) is 6.83. The van der Waals surface area contributed by atoms with Crippen LogP contribution in [0.3, 0.4) is 0 Å². The Bertz CT molecular complexity index is 620. The summed E-state index contributed by atoms with van der Waals surface area (Å²) in [6, 6.07) is 12.5. The first-order valence-corrected chi connectivity index (χ1v) is 6.83. The van der Waals surface area contributed by atoms with Crippen molar-refractivity contribution in [3.05, 3.63) is 53.6 Å². The first-order chi connectivity index (χ1) is 10.0. The van der Waals surface area contributed by atoms with Gasteiger partial charge in [0.15, 0.2) is 0 Å². The topological polar surface area (TPSA) is 58.6 Å². The molecule has 2 aromatic rings. The zero-order valence-corrected chi connectivity index (χ0v) is 12.2. The van der Waals surface area contributed by atoms with Crippen molar-refractivity contribution in [2.24, 2.45) is 0 Å². The number of anilines is 1. The van der Waals surface area contributed by atoms with Crippen molar-refractivity contribution in [1.82, 2.24) is 0 Å². The molecule has 21 heavy (non-hydrogen) atoms. The lowest BCUT2D eigenvalue weighted by molar-refractivity contribution is -0.116. The minimum Gasteiger partial charge on any atom is -0.508 e. The number of amides is 1. The van der Waals surface area contributed by atoms with E-state index >= 15 is 0 Å². The molecule has 2 aromatic carbocycles. The Morgan fingerprint density at radius 2 is 1.86 bits per heavy atom. The van der Waals surface area contributed by atoms with Crippen molar-refractivity contribution in [1.29, 1.82) is 0 Å². The molecule has 0 aliphatic heterocycles. The van der Waals surface area contributed by atoms with Crippen LogP contribution in [-0.2, 0) is 4.79 Å². The second-order valence-corrected chi connectivity index (χ2v) is 4.96. The Morgan fingerprint density at radius 1 is 1.14 bits per heavy atom. The largest absolute Gasteiger partial charge is 0.508 e. The maximum atomic E-state index is 11.8. The zero-order chi connectivity index (χ0) is 15.2. The third kappa shape index (κ3) is 4.53. The molecule has 0 spiro atoms. The van der Waals surface area contributed by atoms with Gasteiger partial charge in [-0.3, -0.25) is 4.79 Å². The molecule has 4 heteroatoms. The van der Waals surface area contributed by atoms with Gasteiger partial charge in [-0.05, 0) is 49.7 Å². The molecule has 0 bridgehead atoms. The number of hydrogen-bond donors (Lipinski definition) is 2. The van der Waals surface area contributed by atoms with Crippen molar-refractivity contribution in [2.75, 3.05) is 11.9 Å². The van der Waals surface area contributed by atoms with Crippen molar-refractivity contribution >= 4 is 11.6 Å². The van der Waals surface area contributed by atoms with E-state index in [2.05, 4.69) is 5.32 Å². The number of aryl methyl sites for hydroxylation is 2. The van der Waals surface area contributed by atoms with E-state index in [1.165, 1.54) is 5.56 Å². The number of phenols is 1. The first kappa shape index (κ1) is 14.9. The highest BCUT2D eigenvalue weighted by atomic mass is 16.5. The van der Waals surface area contributed by atoms with E-state index in [0.717, 1.165) is 11.3 Å². The van der Waals surface area contributed by atoms with Crippen molar-refractivity contribution in [3.8, 4) is 11.5 Å². The van der Waals surface area contributed by atoms with E-state index < -0.39 is 0 Å². The maximum Gasteiger partial charge on any atom is 0.227 e. The Balaban J connectivity index is 1.81. The third-order valence-corrected chi connectivity index (χ3v) is 3.10. The van der Waals surface area contributed by atoms with Gasteiger partial charge in [-0.2, -0.15) is 0 Å². The van der Waals surface area contributed by atoms with Gasteiger partial charge in [-0.15, -0.1) is 0 Å². The van der Waals surface area contributed by atoms with E-state index in [1.807, 2.05) is 38.1 Å². The summed E-state index contributed by atoms with van der Waals surface area (Å²) in [7, 11) is 0. The molecule has 0 saturated heterocycles. The lowest BCUT2D eigenvalue weighted by Crippen LogP contribution is -2.15. The molecule has 0 unspecified atom stereocenters. The number of benzene rings is 2. The van der Waals surface area contributed by atoms with Crippen LogP contribution in [0.2, 0.25) is 0 Å². The Kier molecular flexibility index (Phi) is 4.82. The summed E-state index contributed by atoms with van der Waals surface area (Å²) in [6.07, 6.45) is 0.272. The summed E-state index contributed by atoms with van der Waals surface area (Å²) in [5.74, 6) is 0.832. The van der Waals surface area contributed by atoms with Crippen LogP contribution < -0.4 is 10.1 Å². The molecule has 0 aliphatic rings. The summed E-state index contributed by atoms with van der Waals surface area (Å²) in [6.45, 7) is 4.17. The van der Waals surface area contributed by atoms with Gasteiger partial charge < -0.3 is 15.2 Å². The van der Waals surface area contributed by atoms with E-state index in [-0.39, 0.29) is 18.1 Å². The van der Waals surface area contributed by atoms with Gasteiger partial charge in [-0.1, -0.05) is 17.7 Å². The predicted molar refractivity (Wildman–Crippen MR) is 82.8 cm³/mol. The molecule has 1 amide bonds. The molecule has 2 rings (SSSR count). The van der Waals surface area contributed by atoms with Crippen LogP contribution in [0.15, 0.2) is 42.5 Å². The summed E-state index contributed by atoms with van der Waals surface area (Å²) in [4.78, 5) is 11.8. The Hall–Kier alpha value is -2.49. The number of phenolic OH excluding ortho intramolecular Hbond substituents is 1. The highest BCUT2D eigenvalue weighted by Crippen LogP contribution is 2.20. The molecule has 0 radical (unpaired) electrons. The Labute approximate surface area is 124 Å². The fourth-order valence-corrected chi connectivity index (χ4v) is 1.90. The van der Waals surface area contributed by atoms with Gasteiger partial charge in [0, 0.05) is 5.69 Å². The second-order valence-electron chi connectivity index (χ2n) is 4.96. The summed E-state index contributed by atoms with van der Waals surface area (Å²) < 4.78 is 5.52. The molecule has 0 fully saturated rings. The van der Waals surface area contributed by atoms with E-state index in [1.54, 1.807) is 18.2 Å². The molecule has 0 saturated carbocycles. The van der Waals surface area contributed by atoms with E-state index in [4.69, 9.17) is 4.74 Å². The van der Waals surface area contributed by atoms with E-state index in [0.29, 0.717) is 12.3 Å². The van der Waals surface area contributed by atoms with Gasteiger partial charge in [-0.25, -0.2) is 0 Å². The molecule has 0 atom stereocenters. The average Bonchev–Trinajstić information content (AvgIpc) is 2.44. The number of rotatable bonds is 5. The van der Waals surface area contributed by atoms with Crippen LogP contribution in [0.4, 0.5) is 5.69 Å². The highest BCUT2D eigenvalue weighted by Gasteiger charge is 2.05. The van der Waals surface area contributed by atoms with Crippen LogP contribution in [0.1, 0.15) is 17.5 Å².